The standard InChI is InChI=1S/C9H11NO3S/c1-3-10-8(11)7-5(2)6(4-14-7)9(12)13/h4H,3H2,1-2H3,(H,10,11)(H,12,13). The first-order valence-corrected chi connectivity index (χ1v) is 5.05. The van der Waals surface area contributed by atoms with Crippen molar-refractivity contribution in [3.8, 4) is 0 Å². The highest BCUT2D eigenvalue weighted by Gasteiger charge is 2.17. The lowest BCUT2D eigenvalue weighted by Gasteiger charge is -2.00. The number of carbonyl (C=O) groups is 2. The third-order valence-electron chi connectivity index (χ3n) is 1.81. The van der Waals surface area contributed by atoms with Gasteiger partial charge in [0, 0.05) is 11.9 Å². The second-order valence-corrected chi connectivity index (χ2v) is 3.65. The molecule has 1 amide bonds. The molecular weight excluding hydrogens is 202 g/mol. The molecule has 0 spiro atoms. The van der Waals surface area contributed by atoms with Gasteiger partial charge in [0.15, 0.2) is 0 Å². The number of thiophene rings is 1. The predicted octanol–water partition coefficient (Wildman–Crippen LogP) is 1.50. The van der Waals surface area contributed by atoms with Crippen LogP contribution >= 0.6 is 11.3 Å². The number of carbonyl (C=O) groups excluding carboxylic acids is 1. The summed E-state index contributed by atoms with van der Waals surface area (Å²) in [6.45, 7) is 4.00. The summed E-state index contributed by atoms with van der Waals surface area (Å²) in [6, 6.07) is 0. The Balaban J connectivity index is 3.00. The molecule has 4 nitrogen and oxygen atoms in total. The Kier molecular flexibility index (Phi) is 3.24. The highest BCUT2D eigenvalue weighted by Crippen LogP contribution is 2.21. The second kappa shape index (κ2) is 4.23. The highest BCUT2D eigenvalue weighted by atomic mass is 32.1. The summed E-state index contributed by atoms with van der Waals surface area (Å²) in [5, 5.41) is 12.9. The first-order chi connectivity index (χ1) is 6.57. The Bertz CT molecular complexity index is 370. The van der Waals surface area contributed by atoms with Crippen LogP contribution in [0, 0.1) is 6.92 Å². The molecule has 5 heteroatoms. The third-order valence-corrected chi connectivity index (χ3v) is 2.89. The predicted molar refractivity (Wildman–Crippen MR) is 54.0 cm³/mol. The summed E-state index contributed by atoms with van der Waals surface area (Å²) in [5.41, 5.74) is 0.740. The third kappa shape index (κ3) is 1.93. The molecule has 1 aromatic heterocycles. The zero-order valence-corrected chi connectivity index (χ0v) is 8.77. The fourth-order valence-corrected chi connectivity index (χ4v) is 2.07. The average Bonchev–Trinajstić information content (AvgIpc) is 2.47. The topological polar surface area (TPSA) is 66.4 Å². The number of amides is 1. The molecule has 1 aromatic rings. The Hall–Kier alpha value is -1.36. The molecule has 1 heterocycles. The molecule has 1 rings (SSSR count). The van der Waals surface area contributed by atoms with Gasteiger partial charge in [0.2, 0.25) is 0 Å². The van der Waals surface area contributed by atoms with Gasteiger partial charge < -0.3 is 10.4 Å². The van der Waals surface area contributed by atoms with Gasteiger partial charge in [-0.2, -0.15) is 0 Å². The van der Waals surface area contributed by atoms with Gasteiger partial charge in [0.25, 0.3) is 5.91 Å². The van der Waals surface area contributed by atoms with Crippen molar-refractivity contribution in [2.75, 3.05) is 6.54 Å². The number of nitrogens with one attached hydrogen (secondary N) is 1. The second-order valence-electron chi connectivity index (χ2n) is 2.77. The minimum absolute atomic E-state index is 0.205. The van der Waals surface area contributed by atoms with Crippen LogP contribution in [0.1, 0.15) is 32.5 Å². The van der Waals surface area contributed by atoms with Crippen LogP contribution in [0.5, 0.6) is 0 Å². The smallest absolute Gasteiger partial charge is 0.336 e. The summed E-state index contributed by atoms with van der Waals surface area (Å²) < 4.78 is 0. The molecule has 0 unspecified atom stereocenters. The minimum atomic E-state index is -0.991. The van der Waals surface area contributed by atoms with E-state index in [4.69, 9.17) is 5.11 Å². The van der Waals surface area contributed by atoms with Gasteiger partial charge in [0.05, 0.1) is 10.4 Å². The Morgan fingerprint density at radius 2 is 2.21 bits per heavy atom. The summed E-state index contributed by atoms with van der Waals surface area (Å²) >= 11 is 1.16. The zero-order valence-electron chi connectivity index (χ0n) is 7.96. The maximum absolute atomic E-state index is 11.4. The summed E-state index contributed by atoms with van der Waals surface area (Å²) in [4.78, 5) is 22.6. The Labute approximate surface area is 85.6 Å². The Morgan fingerprint density at radius 3 is 2.64 bits per heavy atom. The average molecular weight is 213 g/mol. The van der Waals surface area contributed by atoms with Crippen LogP contribution in [0.25, 0.3) is 0 Å². The van der Waals surface area contributed by atoms with Gasteiger partial charge in [-0.1, -0.05) is 0 Å². The van der Waals surface area contributed by atoms with E-state index in [1.165, 1.54) is 5.38 Å². The van der Waals surface area contributed by atoms with E-state index in [1.807, 2.05) is 6.92 Å². The van der Waals surface area contributed by atoms with Gasteiger partial charge >= 0.3 is 5.97 Å². The largest absolute Gasteiger partial charge is 0.478 e. The first kappa shape index (κ1) is 10.7. The minimum Gasteiger partial charge on any atom is -0.478 e. The lowest BCUT2D eigenvalue weighted by molar-refractivity contribution is 0.0696. The van der Waals surface area contributed by atoms with Crippen LogP contribution < -0.4 is 5.32 Å². The molecule has 0 aliphatic rings. The SMILES string of the molecule is CCNC(=O)c1scc(C(=O)O)c1C. The van der Waals surface area contributed by atoms with Crippen molar-refractivity contribution in [1.82, 2.24) is 5.32 Å². The molecule has 0 atom stereocenters. The molecule has 2 N–H and O–H groups in total. The highest BCUT2D eigenvalue weighted by molar-refractivity contribution is 7.12. The number of hydrogen-bond donors (Lipinski definition) is 2. The van der Waals surface area contributed by atoms with Crippen LogP contribution in [0.2, 0.25) is 0 Å². The van der Waals surface area contributed by atoms with Crippen LogP contribution in [0.4, 0.5) is 0 Å². The van der Waals surface area contributed by atoms with Gasteiger partial charge in [-0.05, 0) is 19.4 Å². The van der Waals surface area contributed by atoms with E-state index in [0.29, 0.717) is 17.0 Å². The quantitative estimate of drug-likeness (QED) is 0.799. The van der Waals surface area contributed by atoms with Crippen LogP contribution in [-0.4, -0.2) is 23.5 Å². The maximum Gasteiger partial charge on any atom is 0.336 e. The molecule has 0 saturated carbocycles. The number of aromatic carboxylic acids is 1. The molecule has 14 heavy (non-hydrogen) atoms. The molecular formula is C9H11NO3S. The van der Waals surface area contributed by atoms with Crippen LogP contribution in [-0.2, 0) is 0 Å². The molecule has 0 bridgehead atoms. The molecule has 0 radical (unpaired) electrons. The summed E-state index contributed by atoms with van der Waals surface area (Å²) in [6.07, 6.45) is 0. The van der Waals surface area contributed by atoms with Gasteiger partial charge in [-0.3, -0.25) is 4.79 Å². The van der Waals surface area contributed by atoms with E-state index >= 15 is 0 Å². The molecule has 0 aliphatic heterocycles. The number of rotatable bonds is 3. The first-order valence-electron chi connectivity index (χ1n) is 4.17. The van der Waals surface area contributed by atoms with Crippen molar-refractivity contribution < 1.29 is 14.7 Å². The van der Waals surface area contributed by atoms with Gasteiger partial charge in [-0.15, -0.1) is 11.3 Å². The summed E-state index contributed by atoms with van der Waals surface area (Å²) in [7, 11) is 0. The van der Waals surface area contributed by atoms with Crippen LogP contribution in [0.3, 0.4) is 0 Å². The fraction of sp³-hybridized carbons (Fsp3) is 0.333. The van der Waals surface area contributed by atoms with E-state index < -0.39 is 5.97 Å². The van der Waals surface area contributed by atoms with Crippen molar-refractivity contribution in [2.24, 2.45) is 0 Å². The number of carboxylic acid groups (broad SMARTS) is 1. The lowest BCUT2D eigenvalue weighted by atomic mass is 10.1. The van der Waals surface area contributed by atoms with Crippen molar-refractivity contribution in [1.29, 1.82) is 0 Å². The Morgan fingerprint density at radius 1 is 1.57 bits per heavy atom. The van der Waals surface area contributed by atoms with Crippen molar-refractivity contribution in [3.05, 3.63) is 21.4 Å². The van der Waals surface area contributed by atoms with Crippen molar-refractivity contribution in [3.63, 3.8) is 0 Å². The van der Waals surface area contributed by atoms with E-state index in [-0.39, 0.29) is 11.5 Å². The zero-order chi connectivity index (χ0) is 10.7. The van der Waals surface area contributed by atoms with Crippen molar-refractivity contribution in [2.45, 2.75) is 13.8 Å². The maximum atomic E-state index is 11.4. The monoisotopic (exact) mass is 213 g/mol. The van der Waals surface area contributed by atoms with E-state index in [0.717, 1.165) is 11.3 Å². The van der Waals surface area contributed by atoms with E-state index in [9.17, 15) is 9.59 Å². The van der Waals surface area contributed by atoms with Crippen LogP contribution in [0.15, 0.2) is 5.38 Å². The molecule has 0 fully saturated rings. The molecule has 76 valence electrons. The van der Waals surface area contributed by atoms with Gasteiger partial charge in [0.1, 0.15) is 0 Å². The number of hydrogen-bond acceptors (Lipinski definition) is 3. The normalized spacial score (nSPS) is 9.86. The number of carboxylic acids is 1. The lowest BCUT2D eigenvalue weighted by Crippen LogP contribution is -2.22. The molecule has 0 aliphatic carbocycles. The van der Waals surface area contributed by atoms with E-state index in [1.54, 1.807) is 6.92 Å². The molecule has 0 aromatic carbocycles. The summed E-state index contributed by atoms with van der Waals surface area (Å²) in [5.74, 6) is -1.20. The van der Waals surface area contributed by atoms with Crippen molar-refractivity contribution >= 4 is 23.2 Å². The van der Waals surface area contributed by atoms with E-state index in [2.05, 4.69) is 5.32 Å². The van der Waals surface area contributed by atoms with Gasteiger partial charge in [-0.25, -0.2) is 4.79 Å². The molecule has 0 saturated heterocycles. The fourth-order valence-electron chi connectivity index (χ4n) is 1.09.